The van der Waals surface area contributed by atoms with E-state index in [1.807, 2.05) is 41.1 Å². The monoisotopic (exact) mass is 286 g/mol. The van der Waals surface area contributed by atoms with Crippen molar-refractivity contribution in [2.45, 2.75) is 12.8 Å². The van der Waals surface area contributed by atoms with E-state index < -0.39 is 0 Å². The summed E-state index contributed by atoms with van der Waals surface area (Å²) in [6.45, 7) is 0.555. The van der Waals surface area contributed by atoms with Crippen molar-refractivity contribution < 1.29 is 10.0 Å². The minimum absolute atomic E-state index is 0.0767. The molecule has 1 aliphatic heterocycles. The van der Waals surface area contributed by atoms with Crippen molar-refractivity contribution >= 4 is 28.6 Å². The van der Waals surface area contributed by atoms with Crippen molar-refractivity contribution in [3.63, 3.8) is 0 Å². The van der Waals surface area contributed by atoms with E-state index in [0.717, 1.165) is 16.8 Å². The van der Waals surface area contributed by atoms with Gasteiger partial charge in [-0.25, -0.2) is 0 Å². The lowest BCUT2D eigenvalue weighted by atomic mass is 9.99. The molecule has 0 fully saturated rings. The zero-order valence-electron chi connectivity index (χ0n) is 10.8. The van der Waals surface area contributed by atoms with Crippen LogP contribution in [0, 0.1) is 0 Å². The topological polar surface area (TPSA) is 52.9 Å². The van der Waals surface area contributed by atoms with Crippen LogP contribution in [0.4, 0.5) is 5.69 Å². The number of benzene rings is 1. The van der Waals surface area contributed by atoms with Crippen LogP contribution < -0.4 is 4.90 Å². The Balaban J connectivity index is 1.90. The Labute approximate surface area is 121 Å². The third-order valence-electron chi connectivity index (χ3n) is 3.44. The fourth-order valence-electron chi connectivity index (χ4n) is 2.45. The largest absolute Gasteiger partial charge is 0.411 e. The van der Waals surface area contributed by atoms with Crippen molar-refractivity contribution in [2.24, 2.45) is 5.16 Å². The Hall–Kier alpha value is -2.14. The Kier molecular flexibility index (Phi) is 3.52. The maximum atomic E-state index is 12.5. The van der Waals surface area contributed by atoms with Gasteiger partial charge in [-0.05, 0) is 28.5 Å². The van der Waals surface area contributed by atoms with Gasteiger partial charge < -0.3 is 10.1 Å². The fraction of sp³-hybridized carbons (Fsp3) is 0.200. The van der Waals surface area contributed by atoms with Gasteiger partial charge in [0.1, 0.15) is 0 Å². The van der Waals surface area contributed by atoms with Crippen LogP contribution in [0.15, 0.2) is 46.2 Å². The predicted molar refractivity (Wildman–Crippen MR) is 79.8 cm³/mol. The van der Waals surface area contributed by atoms with E-state index in [0.29, 0.717) is 25.1 Å². The zero-order chi connectivity index (χ0) is 13.9. The number of carbonyl (C=O) groups excluding carboxylic acids is 1. The summed E-state index contributed by atoms with van der Waals surface area (Å²) in [5, 5.41) is 16.4. The molecule has 0 atom stereocenters. The minimum Gasteiger partial charge on any atom is -0.411 e. The number of thiophene rings is 1. The first-order chi connectivity index (χ1) is 9.79. The molecule has 0 radical (unpaired) electrons. The number of oxime groups is 1. The third kappa shape index (κ3) is 2.32. The molecule has 0 aliphatic carbocycles. The number of fused-ring (bicyclic) bond motifs is 1. The smallest absolute Gasteiger partial charge is 0.231 e. The van der Waals surface area contributed by atoms with Crippen LogP contribution in [-0.2, 0) is 11.2 Å². The van der Waals surface area contributed by atoms with Gasteiger partial charge in [-0.3, -0.25) is 4.79 Å². The summed E-state index contributed by atoms with van der Waals surface area (Å²) in [7, 11) is 0. The van der Waals surface area contributed by atoms with Crippen LogP contribution >= 0.6 is 11.3 Å². The van der Waals surface area contributed by atoms with E-state index in [1.54, 1.807) is 16.2 Å². The van der Waals surface area contributed by atoms with Gasteiger partial charge in [0.2, 0.25) is 5.91 Å². The van der Waals surface area contributed by atoms with E-state index >= 15 is 0 Å². The highest BCUT2D eigenvalue weighted by atomic mass is 32.1. The summed E-state index contributed by atoms with van der Waals surface area (Å²) in [5.41, 5.74) is 3.34. The van der Waals surface area contributed by atoms with Gasteiger partial charge in [0, 0.05) is 18.5 Å². The molecular weight excluding hydrogens is 272 g/mol. The number of amides is 1. The van der Waals surface area contributed by atoms with Crippen LogP contribution in [0.1, 0.15) is 17.5 Å². The highest BCUT2D eigenvalue weighted by Gasteiger charge is 2.26. The van der Waals surface area contributed by atoms with Gasteiger partial charge in [-0.2, -0.15) is 11.3 Å². The van der Waals surface area contributed by atoms with E-state index in [2.05, 4.69) is 5.16 Å². The van der Waals surface area contributed by atoms with Gasteiger partial charge in [0.25, 0.3) is 0 Å². The molecule has 0 saturated carbocycles. The van der Waals surface area contributed by atoms with Crippen LogP contribution in [0.25, 0.3) is 0 Å². The van der Waals surface area contributed by atoms with Crippen molar-refractivity contribution in [2.75, 3.05) is 11.4 Å². The van der Waals surface area contributed by atoms with Crippen molar-refractivity contribution in [3.8, 4) is 0 Å². The van der Waals surface area contributed by atoms with E-state index in [9.17, 15) is 4.79 Å². The first-order valence-electron chi connectivity index (χ1n) is 6.41. The van der Waals surface area contributed by atoms with Gasteiger partial charge in [-0.1, -0.05) is 23.4 Å². The number of hydrogen-bond acceptors (Lipinski definition) is 4. The molecule has 20 heavy (non-hydrogen) atoms. The fourth-order valence-corrected chi connectivity index (χ4v) is 3.12. The molecule has 0 spiro atoms. The van der Waals surface area contributed by atoms with Gasteiger partial charge in [-0.15, -0.1) is 0 Å². The van der Waals surface area contributed by atoms with Gasteiger partial charge in [0.05, 0.1) is 17.8 Å². The first kappa shape index (κ1) is 12.9. The molecule has 3 rings (SSSR count). The zero-order valence-corrected chi connectivity index (χ0v) is 11.6. The average molecular weight is 286 g/mol. The van der Waals surface area contributed by atoms with Gasteiger partial charge in [0.15, 0.2) is 0 Å². The molecule has 4 nitrogen and oxygen atoms in total. The number of carbonyl (C=O) groups is 1. The highest BCUT2D eigenvalue weighted by molar-refractivity contribution is 7.08. The third-order valence-corrected chi connectivity index (χ3v) is 4.17. The number of para-hydroxylation sites is 1. The number of rotatable bonds is 2. The lowest BCUT2D eigenvalue weighted by Gasteiger charge is -2.29. The molecule has 0 bridgehead atoms. The standard InChI is InChI=1S/C15H14N2O2S/c18-15(9-11-6-8-20-10-11)17-7-5-13(16-19)12-3-1-2-4-14(12)17/h1-4,6,8,10,19H,5,7,9H2. The molecule has 1 aliphatic rings. The highest BCUT2D eigenvalue weighted by Crippen LogP contribution is 2.28. The number of nitrogens with zero attached hydrogens (tertiary/aromatic N) is 2. The molecule has 102 valence electrons. The van der Waals surface area contributed by atoms with Crippen LogP contribution in [-0.4, -0.2) is 23.4 Å². The molecule has 0 unspecified atom stereocenters. The van der Waals surface area contributed by atoms with Crippen LogP contribution in [0.2, 0.25) is 0 Å². The molecular formula is C15H14N2O2S. The van der Waals surface area contributed by atoms with Crippen molar-refractivity contribution in [1.82, 2.24) is 0 Å². The second-order valence-electron chi connectivity index (χ2n) is 4.67. The quantitative estimate of drug-likeness (QED) is 0.681. The summed E-state index contributed by atoms with van der Waals surface area (Å²) in [5.74, 6) is 0.0767. The number of hydrogen-bond donors (Lipinski definition) is 1. The van der Waals surface area contributed by atoms with Crippen molar-refractivity contribution in [3.05, 3.63) is 52.2 Å². The molecule has 1 aromatic carbocycles. The van der Waals surface area contributed by atoms with Crippen molar-refractivity contribution in [1.29, 1.82) is 0 Å². The van der Waals surface area contributed by atoms with Gasteiger partial charge >= 0.3 is 0 Å². The molecule has 5 heteroatoms. The van der Waals surface area contributed by atoms with E-state index in [4.69, 9.17) is 5.21 Å². The van der Waals surface area contributed by atoms with E-state index in [-0.39, 0.29) is 5.91 Å². The Bertz CT molecular complexity index is 650. The summed E-state index contributed by atoms with van der Waals surface area (Å²) in [4.78, 5) is 14.2. The second kappa shape index (κ2) is 5.46. The summed E-state index contributed by atoms with van der Waals surface area (Å²) < 4.78 is 0. The maximum absolute atomic E-state index is 12.5. The molecule has 2 heterocycles. The van der Waals surface area contributed by atoms with Crippen LogP contribution in [0.5, 0.6) is 0 Å². The maximum Gasteiger partial charge on any atom is 0.231 e. The summed E-state index contributed by atoms with van der Waals surface area (Å²) in [6, 6.07) is 9.53. The molecule has 1 aromatic heterocycles. The predicted octanol–water partition coefficient (Wildman–Crippen LogP) is 2.91. The summed E-state index contributed by atoms with van der Waals surface area (Å²) in [6.07, 6.45) is 0.978. The SMILES string of the molecule is O=C(Cc1ccsc1)N1CCC(=NO)c2ccccc21. The Morgan fingerprint density at radius 1 is 1.35 bits per heavy atom. The number of anilines is 1. The molecule has 1 amide bonds. The van der Waals surface area contributed by atoms with Crippen LogP contribution in [0.3, 0.4) is 0 Å². The minimum atomic E-state index is 0.0767. The lowest BCUT2D eigenvalue weighted by Crippen LogP contribution is -2.38. The lowest BCUT2D eigenvalue weighted by molar-refractivity contribution is -0.118. The van der Waals surface area contributed by atoms with E-state index in [1.165, 1.54) is 0 Å². The molecule has 1 N–H and O–H groups in total. The second-order valence-corrected chi connectivity index (χ2v) is 5.45. The Morgan fingerprint density at radius 2 is 2.20 bits per heavy atom. The Morgan fingerprint density at radius 3 is 2.95 bits per heavy atom. The normalized spacial score (nSPS) is 16.2. The average Bonchev–Trinajstić information content (AvgIpc) is 2.99. The molecule has 0 saturated heterocycles. The summed E-state index contributed by atoms with van der Waals surface area (Å²) >= 11 is 1.59. The molecule has 2 aromatic rings. The first-order valence-corrected chi connectivity index (χ1v) is 7.35.